The molecule has 0 unspecified atom stereocenters. The Morgan fingerprint density at radius 2 is 1.73 bits per heavy atom. The molecule has 2 aromatic heterocycles. The zero-order valence-corrected chi connectivity index (χ0v) is 18.8. The lowest BCUT2D eigenvalue weighted by atomic mass is 10.00. The number of hydrogen-bond donors (Lipinski definition) is 1. The van der Waals surface area contributed by atoms with E-state index in [0.717, 1.165) is 51.8 Å². The van der Waals surface area contributed by atoms with Gasteiger partial charge in [0.2, 0.25) is 5.91 Å². The Hall–Kier alpha value is -3.86. The van der Waals surface area contributed by atoms with Crippen molar-refractivity contribution in [1.29, 1.82) is 0 Å². The Balaban J connectivity index is 1.25. The highest BCUT2D eigenvalue weighted by atomic mass is 16.1. The minimum Gasteiger partial charge on any atom is -0.352 e. The van der Waals surface area contributed by atoms with Crippen molar-refractivity contribution in [2.75, 3.05) is 0 Å². The van der Waals surface area contributed by atoms with E-state index in [1.54, 1.807) is 13.1 Å². The van der Waals surface area contributed by atoms with Gasteiger partial charge in [-0.05, 0) is 66.3 Å². The molecule has 0 aliphatic heterocycles. The summed E-state index contributed by atoms with van der Waals surface area (Å²) in [5.74, 6) is 0.193. The SMILES string of the molecule is CC(=O)Cc1cccc(-c2ccc(CNC(=O)CCCc3ccc4cccnc4n3)cc2)c1. The van der Waals surface area contributed by atoms with Crippen LogP contribution in [-0.4, -0.2) is 21.7 Å². The van der Waals surface area contributed by atoms with Crippen molar-refractivity contribution in [2.24, 2.45) is 0 Å². The summed E-state index contributed by atoms with van der Waals surface area (Å²) in [6.45, 7) is 2.11. The maximum atomic E-state index is 12.3. The monoisotopic (exact) mass is 437 g/mol. The van der Waals surface area contributed by atoms with E-state index in [1.807, 2.05) is 66.7 Å². The van der Waals surface area contributed by atoms with E-state index in [2.05, 4.69) is 21.4 Å². The number of ketones is 1. The normalized spacial score (nSPS) is 10.8. The molecule has 4 aromatic rings. The van der Waals surface area contributed by atoms with E-state index in [4.69, 9.17) is 0 Å². The van der Waals surface area contributed by atoms with E-state index in [9.17, 15) is 9.59 Å². The smallest absolute Gasteiger partial charge is 0.220 e. The van der Waals surface area contributed by atoms with Crippen molar-refractivity contribution >= 4 is 22.7 Å². The fourth-order valence-electron chi connectivity index (χ4n) is 3.81. The van der Waals surface area contributed by atoms with Crippen molar-refractivity contribution in [3.63, 3.8) is 0 Å². The molecular formula is C28H27N3O2. The van der Waals surface area contributed by atoms with E-state index >= 15 is 0 Å². The number of Topliss-reactive ketones (excluding diaryl/α,β-unsaturated/α-hetero) is 1. The predicted octanol–water partition coefficient (Wildman–Crippen LogP) is 5.07. The molecule has 33 heavy (non-hydrogen) atoms. The number of nitrogens with one attached hydrogen (secondary N) is 1. The molecule has 5 heteroatoms. The number of aryl methyl sites for hydroxylation is 1. The summed E-state index contributed by atoms with van der Waals surface area (Å²) in [5.41, 5.74) is 5.95. The maximum absolute atomic E-state index is 12.3. The summed E-state index contributed by atoms with van der Waals surface area (Å²) in [7, 11) is 0. The first kappa shape index (κ1) is 22.3. The highest BCUT2D eigenvalue weighted by Gasteiger charge is 2.05. The number of benzene rings is 2. The van der Waals surface area contributed by atoms with Crippen LogP contribution in [0.3, 0.4) is 0 Å². The minimum atomic E-state index is 0.0370. The Bertz CT molecular complexity index is 1270. The highest BCUT2D eigenvalue weighted by molar-refractivity contribution is 5.79. The van der Waals surface area contributed by atoms with E-state index in [-0.39, 0.29) is 11.7 Å². The van der Waals surface area contributed by atoms with Gasteiger partial charge in [0.05, 0.1) is 0 Å². The summed E-state index contributed by atoms with van der Waals surface area (Å²) in [6.07, 6.45) is 4.14. The Kier molecular flexibility index (Phi) is 7.20. The van der Waals surface area contributed by atoms with Gasteiger partial charge in [0.15, 0.2) is 5.65 Å². The van der Waals surface area contributed by atoms with Crippen LogP contribution in [0.4, 0.5) is 0 Å². The van der Waals surface area contributed by atoms with Crippen LogP contribution in [0.5, 0.6) is 0 Å². The van der Waals surface area contributed by atoms with Crippen molar-refractivity contribution in [1.82, 2.24) is 15.3 Å². The molecule has 5 nitrogen and oxygen atoms in total. The highest BCUT2D eigenvalue weighted by Crippen LogP contribution is 2.21. The number of rotatable bonds is 9. The molecule has 0 saturated carbocycles. The van der Waals surface area contributed by atoms with Crippen LogP contribution in [0.2, 0.25) is 0 Å². The number of amides is 1. The summed E-state index contributed by atoms with van der Waals surface area (Å²) in [6, 6.07) is 24.1. The zero-order valence-electron chi connectivity index (χ0n) is 18.8. The first-order valence-electron chi connectivity index (χ1n) is 11.2. The number of carbonyl (C=O) groups is 2. The van der Waals surface area contributed by atoms with Crippen LogP contribution in [-0.2, 0) is 29.0 Å². The molecule has 0 aliphatic carbocycles. The number of nitrogens with zero attached hydrogens (tertiary/aromatic N) is 2. The lowest BCUT2D eigenvalue weighted by Crippen LogP contribution is -2.22. The maximum Gasteiger partial charge on any atom is 0.220 e. The van der Waals surface area contributed by atoms with E-state index < -0.39 is 0 Å². The molecule has 2 heterocycles. The number of pyridine rings is 2. The Morgan fingerprint density at radius 3 is 2.55 bits per heavy atom. The molecule has 166 valence electrons. The van der Waals surface area contributed by atoms with Gasteiger partial charge in [0, 0.05) is 36.7 Å². The first-order chi connectivity index (χ1) is 16.1. The van der Waals surface area contributed by atoms with Crippen molar-refractivity contribution < 1.29 is 9.59 Å². The Morgan fingerprint density at radius 1 is 0.879 bits per heavy atom. The zero-order chi connectivity index (χ0) is 23.0. The second-order valence-electron chi connectivity index (χ2n) is 8.26. The lowest BCUT2D eigenvalue weighted by molar-refractivity contribution is -0.121. The number of fused-ring (bicyclic) bond motifs is 1. The topological polar surface area (TPSA) is 72.0 Å². The van der Waals surface area contributed by atoms with Crippen LogP contribution < -0.4 is 5.32 Å². The van der Waals surface area contributed by atoms with Gasteiger partial charge in [-0.3, -0.25) is 9.59 Å². The van der Waals surface area contributed by atoms with Crippen molar-refractivity contribution in [3.05, 3.63) is 95.8 Å². The van der Waals surface area contributed by atoms with Crippen LogP contribution in [0.15, 0.2) is 79.0 Å². The molecule has 0 spiro atoms. The van der Waals surface area contributed by atoms with Gasteiger partial charge in [-0.1, -0.05) is 48.5 Å². The van der Waals surface area contributed by atoms with Crippen LogP contribution in [0.1, 0.15) is 36.6 Å². The van der Waals surface area contributed by atoms with Gasteiger partial charge < -0.3 is 5.32 Å². The van der Waals surface area contributed by atoms with Gasteiger partial charge in [-0.25, -0.2) is 9.97 Å². The van der Waals surface area contributed by atoms with Crippen LogP contribution in [0.25, 0.3) is 22.2 Å². The Labute approximate surface area is 193 Å². The second-order valence-corrected chi connectivity index (χ2v) is 8.26. The van der Waals surface area contributed by atoms with Gasteiger partial charge >= 0.3 is 0 Å². The lowest BCUT2D eigenvalue weighted by Gasteiger charge is -2.08. The molecule has 4 rings (SSSR count). The fraction of sp³-hybridized carbons (Fsp3) is 0.214. The van der Waals surface area contributed by atoms with Crippen molar-refractivity contribution in [2.45, 2.75) is 39.2 Å². The van der Waals surface area contributed by atoms with Crippen molar-refractivity contribution in [3.8, 4) is 11.1 Å². The minimum absolute atomic E-state index is 0.0370. The first-order valence-corrected chi connectivity index (χ1v) is 11.2. The molecule has 0 atom stereocenters. The number of hydrogen-bond acceptors (Lipinski definition) is 4. The predicted molar refractivity (Wildman–Crippen MR) is 131 cm³/mol. The standard InChI is InChI=1S/C28H27N3O2/c1-20(32)17-22-5-2-6-25(18-22)23-12-10-21(11-13-23)19-30-27(33)9-3-8-26-15-14-24-7-4-16-29-28(24)31-26/h2,4-7,10-16,18H,3,8-9,17,19H2,1H3,(H,30,33). The fourth-order valence-corrected chi connectivity index (χ4v) is 3.81. The molecule has 0 saturated heterocycles. The quantitative estimate of drug-likeness (QED) is 0.397. The van der Waals surface area contributed by atoms with Gasteiger partial charge in [-0.2, -0.15) is 0 Å². The second kappa shape index (κ2) is 10.6. The molecule has 0 bridgehead atoms. The van der Waals surface area contributed by atoms with Gasteiger partial charge in [0.25, 0.3) is 0 Å². The van der Waals surface area contributed by atoms with E-state index in [1.165, 1.54) is 0 Å². The summed E-state index contributed by atoms with van der Waals surface area (Å²) < 4.78 is 0. The summed E-state index contributed by atoms with van der Waals surface area (Å²) >= 11 is 0. The molecule has 1 N–H and O–H groups in total. The molecular weight excluding hydrogens is 410 g/mol. The summed E-state index contributed by atoms with van der Waals surface area (Å²) in [5, 5.41) is 4.02. The largest absolute Gasteiger partial charge is 0.352 e. The third kappa shape index (κ3) is 6.32. The molecule has 0 aliphatic rings. The average molecular weight is 438 g/mol. The van der Waals surface area contributed by atoms with Gasteiger partial charge in [0.1, 0.15) is 5.78 Å². The van der Waals surface area contributed by atoms with Crippen LogP contribution in [0, 0.1) is 0 Å². The summed E-state index contributed by atoms with van der Waals surface area (Å²) in [4.78, 5) is 32.5. The number of carbonyl (C=O) groups excluding carboxylic acids is 2. The van der Waals surface area contributed by atoms with Gasteiger partial charge in [-0.15, -0.1) is 0 Å². The molecule has 2 aromatic carbocycles. The van der Waals surface area contributed by atoms with E-state index in [0.29, 0.717) is 19.4 Å². The molecule has 0 radical (unpaired) electrons. The third-order valence-corrected chi connectivity index (χ3v) is 5.52. The van der Waals surface area contributed by atoms with Crippen LogP contribution >= 0.6 is 0 Å². The third-order valence-electron chi connectivity index (χ3n) is 5.52. The molecule has 0 fully saturated rings. The number of aromatic nitrogens is 2. The average Bonchev–Trinajstić information content (AvgIpc) is 2.83. The molecule has 1 amide bonds.